The van der Waals surface area contributed by atoms with E-state index in [4.69, 9.17) is 9.72 Å². The second kappa shape index (κ2) is 8.43. The van der Waals surface area contributed by atoms with Crippen molar-refractivity contribution >= 4 is 33.3 Å². The van der Waals surface area contributed by atoms with Gasteiger partial charge in [0.05, 0.1) is 16.4 Å². The minimum atomic E-state index is -0.102. The van der Waals surface area contributed by atoms with Crippen LogP contribution in [0.1, 0.15) is 34.6 Å². The molecule has 3 heterocycles. The number of hydrogen-bond donors (Lipinski definition) is 1. The average Bonchev–Trinajstić information content (AvgIpc) is 3.47. The van der Waals surface area contributed by atoms with Crippen molar-refractivity contribution in [1.29, 1.82) is 0 Å². The van der Waals surface area contributed by atoms with Crippen molar-refractivity contribution < 1.29 is 9.53 Å². The molecule has 0 unspecified atom stereocenters. The standard InChI is InChI=1S/C27H22N4O2S/c1-17-9-11-18(12-10-17)16-33-20-6-4-5-19(13-20)21-14-25(32)30-26-22(21)15-28-31(26)27-29-23-7-2-3-8-24(23)34-27/h2-13,15,21H,14,16H2,1H3,(H,30,32)/t21-/m1/s1. The Bertz CT molecular complexity index is 1470. The van der Waals surface area contributed by atoms with E-state index >= 15 is 0 Å². The number of carbonyl (C=O) groups excluding carboxylic acids is 1. The summed E-state index contributed by atoms with van der Waals surface area (Å²) in [7, 11) is 0. The van der Waals surface area contributed by atoms with E-state index in [1.807, 2.05) is 54.7 Å². The van der Waals surface area contributed by atoms with E-state index in [1.165, 1.54) is 5.56 Å². The van der Waals surface area contributed by atoms with Gasteiger partial charge in [-0.2, -0.15) is 9.78 Å². The molecule has 168 valence electrons. The van der Waals surface area contributed by atoms with Gasteiger partial charge in [-0.3, -0.25) is 4.79 Å². The van der Waals surface area contributed by atoms with Crippen LogP contribution >= 0.6 is 11.3 Å². The molecule has 34 heavy (non-hydrogen) atoms. The summed E-state index contributed by atoms with van der Waals surface area (Å²) in [6.07, 6.45) is 2.20. The number of hydrogen-bond acceptors (Lipinski definition) is 5. The molecule has 0 spiro atoms. The smallest absolute Gasteiger partial charge is 0.226 e. The highest BCUT2D eigenvalue weighted by molar-refractivity contribution is 7.20. The van der Waals surface area contributed by atoms with Gasteiger partial charge in [-0.15, -0.1) is 0 Å². The maximum Gasteiger partial charge on any atom is 0.226 e. The number of carbonyl (C=O) groups is 1. The largest absolute Gasteiger partial charge is 0.489 e. The van der Waals surface area contributed by atoms with Crippen molar-refractivity contribution in [3.63, 3.8) is 0 Å². The number of aromatic nitrogens is 3. The maximum absolute atomic E-state index is 12.7. The van der Waals surface area contributed by atoms with Gasteiger partial charge >= 0.3 is 0 Å². The second-order valence-electron chi connectivity index (χ2n) is 8.48. The first-order valence-corrected chi connectivity index (χ1v) is 12.0. The zero-order chi connectivity index (χ0) is 23.1. The van der Waals surface area contributed by atoms with Gasteiger partial charge in [0.15, 0.2) is 0 Å². The van der Waals surface area contributed by atoms with Crippen molar-refractivity contribution in [2.75, 3.05) is 5.32 Å². The number of para-hydroxylation sites is 1. The molecule has 6 nitrogen and oxygen atoms in total. The van der Waals surface area contributed by atoms with Crippen molar-refractivity contribution in [2.24, 2.45) is 0 Å². The average molecular weight is 467 g/mol. The Hall–Kier alpha value is -3.97. The van der Waals surface area contributed by atoms with Crippen molar-refractivity contribution in [3.8, 4) is 10.9 Å². The molecular weight excluding hydrogens is 444 g/mol. The third-order valence-electron chi connectivity index (χ3n) is 6.07. The highest BCUT2D eigenvalue weighted by Crippen LogP contribution is 2.39. The van der Waals surface area contributed by atoms with Gasteiger partial charge in [0.1, 0.15) is 18.2 Å². The fourth-order valence-electron chi connectivity index (χ4n) is 4.28. The summed E-state index contributed by atoms with van der Waals surface area (Å²) in [5.74, 6) is 1.33. The summed E-state index contributed by atoms with van der Waals surface area (Å²) in [5, 5.41) is 8.35. The Balaban J connectivity index is 1.30. The number of benzene rings is 3. The van der Waals surface area contributed by atoms with Gasteiger partial charge < -0.3 is 10.1 Å². The maximum atomic E-state index is 12.7. The highest BCUT2D eigenvalue weighted by atomic mass is 32.1. The minimum Gasteiger partial charge on any atom is -0.489 e. The molecule has 0 radical (unpaired) electrons. The van der Waals surface area contributed by atoms with Crippen LogP contribution in [0.25, 0.3) is 15.3 Å². The number of nitrogens with one attached hydrogen (secondary N) is 1. The lowest BCUT2D eigenvalue weighted by atomic mass is 9.87. The first-order chi connectivity index (χ1) is 16.6. The summed E-state index contributed by atoms with van der Waals surface area (Å²) >= 11 is 1.55. The molecular formula is C27H22N4O2S. The molecule has 0 aliphatic carbocycles. The number of rotatable bonds is 5. The summed E-state index contributed by atoms with van der Waals surface area (Å²) < 4.78 is 8.88. The number of aryl methyl sites for hydroxylation is 1. The molecule has 1 aliphatic rings. The van der Waals surface area contributed by atoms with Gasteiger partial charge in [0.2, 0.25) is 11.0 Å². The SMILES string of the molecule is Cc1ccc(COc2cccc([C@H]3CC(=O)Nc4c3cnn4-c3nc4ccccc4s3)c2)cc1. The van der Waals surface area contributed by atoms with Crippen LogP contribution in [-0.4, -0.2) is 20.7 Å². The van der Waals surface area contributed by atoms with Gasteiger partial charge in [-0.25, -0.2) is 4.98 Å². The van der Waals surface area contributed by atoms with Gasteiger partial charge in [-0.1, -0.05) is 65.4 Å². The van der Waals surface area contributed by atoms with E-state index in [9.17, 15) is 4.79 Å². The quantitative estimate of drug-likeness (QED) is 0.353. The number of amides is 1. The zero-order valence-electron chi connectivity index (χ0n) is 18.6. The molecule has 5 aromatic rings. The van der Waals surface area contributed by atoms with E-state index in [0.29, 0.717) is 18.8 Å². The zero-order valence-corrected chi connectivity index (χ0v) is 19.4. The van der Waals surface area contributed by atoms with Crippen LogP contribution in [0.3, 0.4) is 0 Å². The topological polar surface area (TPSA) is 69.0 Å². The Morgan fingerprint density at radius 1 is 1.09 bits per heavy atom. The van der Waals surface area contributed by atoms with Gasteiger partial charge in [-0.05, 0) is 42.3 Å². The van der Waals surface area contributed by atoms with Gasteiger partial charge in [0, 0.05) is 17.9 Å². The molecule has 3 aromatic carbocycles. The normalized spacial score (nSPS) is 15.2. The molecule has 0 saturated heterocycles. The van der Waals surface area contributed by atoms with Crippen LogP contribution in [0, 0.1) is 6.92 Å². The van der Waals surface area contributed by atoms with E-state index in [-0.39, 0.29) is 11.8 Å². The molecule has 1 amide bonds. The fourth-order valence-corrected chi connectivity index (χ4v) is 5.22. The molecule has 6 rings (SSSR count). The third kappa shape index (κ3) is 3.84. The molecule has 1 N–H and O–H groups in total. The minimum absolute atomic E-state index is 0.0358. The molecule has 0 saturated carbocycles. The van der Waals surface area contributed by atoms with E-state index in [0.717, 1.165) is 37.8 Å². The van der Waals surface area contributed by atoms with Crippen LogP contribution in [0.2, 0.25) is 0 Å². The van der Waals surface area contributed by atoms with E-state index < -0.39 is 0 Å². The lowest BCUT2D eigenvalue weighted by Crippen LogP contribution is -2.24. The lowest BCUT2D eigenvalue weighted by Gasteiger charge is -2.23. The Morgan fingerprint density at radius 2 is 1.94 bits per heavy atom. The predicted molar refractivity (Wildman–Crippen MR) is 134 cm³/mol. The van der Waals surface area contributed by atoms with Crippen LogP contribution in [0.5, 0.6) is 5.75 Å². The van der Waals surface area contributed by atoms with Crippen molar-refractivity contribution in [1.82, 2.24) is 14.8 Å². The first-order valence-electron chi connectivity index (χ1n) is 11.2. The molecule has 1 atom stereocenters. The van der Waals surface area contributed by atoms with Crippen molar-refractivity contribution in [2.45, 2.75) is 25.9 Å². The Labute approximate surface area is 200 Å². The monoisotopic (exact) mass is 466 g/mol. The fraction of sp³-hybridized carbons (Fsp3) is 0.148. The van der Waals surface area contributed by atoms with E-state index in [1.54, 1.807) is 16.0 Å². The molecule has 2 aromatic heterocycles. The first kappa shape index (κ1) is 20.6. The molecule has 0 bridgehead atoms. The lowest BCUT2D eigenvalue weighted by molar-refractivity contribution is -0.116. The number of ether oxygens (including phenoxy) is 1. The summed E-state index contributed by atoms with van der Waals surface area (Å²) in [4.78, 5) is 17.4. The van der Waals surface area contributed by atoms with E-state index in [2.05, 4.69) is 41.6 Å². The second-order valence-corrected chi connectivity index (χ2v) is 9.49. The predicted octanol–water partition coefficient (Wildman–Crippen LogP) is 5.84. The summed E-state index contributed by atoms with van der Waals surface area (Å²) in [5.41, 5.74) is 5.27. The number of fused-ring (bicyclic) bond motifs is 2. The number of nitrogens with zero attached hydrogens (tertiary/aromatic N) is 3. The van der Waals surface area contributed by atoms with Crippen LogP contribution in [-0.2, 0) is 11.4 Å². The number of anilines is 1. The van der Waals surface area contributed by atoms with Crippen LogP contribution in [0.4, 0.5) is 5.82 Å². The Morgan fingerprint density at radius 3 is 2.79 bits per heavy atom. The molecule has 1 aliphatic heterocycles. The summed E-state index contributed by atoms with van der Waals surface area (Å²) in [6, 6.07) is 24.3. The van der Waals surface area contributed by atoms with Crippen LogP contribution < -0.4 is 10.1 Å². The number of thiazole rings is 1. The molecule has 0 fully saturated rings. The molecule has 7 heteroatoms. The van der Waals surface area contributed by atoms with Gasteiger partial charge in [0.25, 0.3) is 0 Å². The third-order valence-corrected chi connectivity index (χ3v) is 7.08. The van der Waals surface area contributed by atoms with Crippen LogP contribution in [0.15, 0.2) is 79.0 Å². The van der Waals surface area contributed by atoms with Crippen molar-refractivity contribution in [3.05, 3.63) is 101 Å². The highest BCUT2D eigenvalue weighted by Gasteiger charge is 2.31. The Kier molecular flexibility index (Phi) is 5.11. The summed E-state index contributed by atoms with van der Waals surface area (Å²) in [6.45, 7) is 2.57.